The maximum Gasteiger partial charge on any atom is 0.471 e. The van der Waals surface area contributed by atoms with E-state index in [1.54, 1.807) is 5.32 Å². The van der Waals surface area contributed by atoms with Crippen LogP contribution < -0.4 is 15.4 Å². The summed E-state index contributed by atoms with van der Waals surface area (Å²) in [6.45, 7) is 2.44. The van der Waals surface area contributed by atoms with Crippen LogP contribution in [0.2, 0.25) is 0 Å². The zero-order valence-corrected chi connectivity index (χ0v) is 13.4. The highest BCUT2D eigenvalue weighted by molar-refractivity contribution is 5.81. The molecule has 0 aliphatic heterocycles. The number of hydrogen-bond acceptors (Lipinski definition) is 3. The lowest BCUT2D eigenvalue weighted by atomic mass is 10.2. The third-order valence-corrected chi connectivity index (χ3v) is 3.06. The molecule has 0 fully saturated rings. The number of carbonyl (C=O) groups excluding carboxylic acids is 2. The Hall–Kier alpha value is -2.25. The Labute approximate surface area is 138 Å². The molecule has 5 nitrogen and oxygen atoms in total. The summed E-state index contributed by atoms with van der Waals surface area (Å²) in [7, 11) is 0. The van der Waals surface area contributed by atoms with E-state index < -0.39 is 12.1 Å². The molecule has 1 rings (SSSR count). The zero-order chi connectivity index (χ0) is 18.0. The van der Waals surface area contributed by atoms with Gasteiger partial charge in [0.2, 0.25) is 5.91 Å². The van der Waals surface area contributed by atoms with Crippen molar-refractivity contribution in [2.24, 2.45) is 0 Å². The summed E-state index contributed by atoms with van der Waals surface area (Å²) in [4.78, 5) is 22.1. The standard InChI is InChI=1S/C16H21F3N2O3/c1-12-5-7-13(8-6-12)24-11-2-4-14(22)20-9-3-10-21-15(23)16(17,18)19/h5-8H,2-4,9-11H2,1H3,(H,20,22)(H,21,23). The number of halogens is 3. The number of benzene rings is 1. The van der Waals surface area contributed by atoms with Gasteiger partial charge in [-0.3, -0.25) is 9.59 Å². The number of rotatable bonds is 9. The Morgan fingerprint density at radius 3 is 2.29 bits per heavy atom. The summed E-state index contributed by atoms with van der Waals surface area (Å²) in [5.41, 5.74) is 1.13. The number of carbonyl (C=O) groups is 2. The Kier molecular flexibility index (Phi) is 8.08. The van der Waals surface area contributed by atoms with Gasteiger partial charge in [-0.15, -0.1) is 0 Å². The van der Waals surface area contributed by atoms with E-state index in [0.29, 0.717) is 13.0 Å². The lowest BCUT2D eigenvalue weighted by Crippen LogP contribution is -2.38. The van der Waals surface area contributed by atoms with Crippen molar-refractivity contribution in [2.75, 3.05) is 19.7 Å². The molecular weight excluding hydrogens is 325 g/mol. The van der Waals surface area contributed by atoms with Gasteiger partial charge in [0.05, 0.1) is 6.61 Å². The zero-order valence-electron chi connectivity index (χ0n) is 13.4. The lowest BCUT2D eigenvalue weighted by Gasteiger charge is -2.09. The molecule has 0 aromatic heterocycles. The molecule has 1 aromatic carbocycles. The Bertz CT molecular complexity index is 530. The predicted molar refractivity (Wildman–Crippen MR) is 82.6 cm³/mol. The van der Waals surface area contributed by atoms with Crippen LogP contribution >= 0.6 is 0 Å². The second kappa shape index (κ2) is 9.79. The molecule has 2 N–H and O–H groups in total. The first-order valence-corrected chi connectivity index (χ1v) is 7.60. The van der Waals surface area contributed by atoms with Crippen molar-refractivity contribution in [1.82, 2.24) is 10.6 Å². The van der Waals surface area contributed by atoms with E-state index in [9.17, 15) is 22.8 Å². The van der Waals surface area contributed by atoms with Crippen LogP contribution in [0.5, 0.6) is 5.75 Å². The van der Waals surface area contributed by atoms with Crippen LogP contribution in [0.3, 0.4) is 0 Å². The van der Waals surface area contributed by atoms with Crippen LogP contribution in [0, 0.1) is 6.92 Å². The smallest absolute Gasteiger partial charge is 0.471 e. The van der Waals surface area contributed by atoms with E-state index in [1.807, 2.05) is 31.2 Å². The molecule has 0 aliphatic rings. The van der Waals surface area contributed by atoms with Gasteiger partial charge in [0.1, 0.15) is 5.75 Å². The highest BCUT2D eigenvalue weighted by atomic mass is 19.4. The molecule has 2 amide bonds. The molecule has 1 aromatic rings. The van der Waals surface area contributed by atoms with E-state index in [1.165, 1.54) is 0 Å². The molecule has 24 heavy (non-hydrogen) atoms. The third kappa shape index (κ3) is 8.40. The molecule has 0 spiro atoms. The Morgan fingerprint density at radius 2 is 1.67 bits per heavy atom. The fraction of sp³-hybridized carbons (Fsp3) is 0.500. The van der Waals surface area contributed by atoms with Gasteiger partial charge in [0.15, 0.2) is 0 Å². The molecule has 0 atom stereocenters. The van der Waals surface area contributed by atoms with Gasteiger partial charge in [-0.05, 0) is 31.9 Å². The molecule has 134 valence electrons. The molecular formula is C16H21F3N2O3. The van der Waals surface area contributed by atoms with Crippen LogP contribution in [-0.4, -0.2) is 37.7 Å². The number of amides is 2. The highest BCUT2D eigenvalue weighted by Crippen LogP contribution is 2.14. The van der Waals surface area contributed by atoms with Gasteiger partial charge >= 0.3 is 12.1 Å². The van der Waals surface area contributed by atoms with Crippen molar-refractivity contribution in [1.29, 1.82) is 0 Å². The van der Waals surface area contributed by atoms with E-state index in [2.05, 4.69) is 5.32 Å². The fourth-order valence-corrected chi connectivity index (χ4v) is 1.76. The minimum atomic E-state index is -4.87. The number of ether oxygens (including phenoxy) is 1. The van der Waals surface area contributed by atoms with Crippen molar-refractivity contribution >= 4 is 11.8 Å². The van der Waals surface area contributed by atoms with Gasteiger partial charge in [0.25, 0.3) is 0 Å². The lowest BCUT2D eigenvalue weighted by molar-refractivity contribution is -0.173. The summed E-state index contributed by atoms with van der Waals surface area (Å²) in [6, 6.07) is 7.56. The summed E-state index contributed by atoms with van der Waals surface area (Å²) >= 11 is 0. The largest absolute Gasteiger partial charge is 0.494 e. The molecule has 0 heterocycles. The van der Waals surface area contributed by atoms with E-state index in [4.69, 9.17) is 4.74 Å². The predicted octanol–water partition coefficient (Wildman–Crippen LogP) is 2.34. The highest BCUT2D eigenvalue weighted by Gasteiger charge is 2.38. The Balaban J connectivity index is 2.02. The second-order valence-electron chi connectivity index (χ2n) is 5.22. The summed E-state index contributed by atoms with van der Waals surface area (Å²) in [5.74, 6) is -1.44. The molecule has 0 radical (unpaired) electrons. The SMILES string of the molecule is Cc1ccc(OCCCC(=O)NCCCNC(=O)C(F)(F)F)cc1. The van der Waals surface area contributed by atoms with Crippen molar-refractivity contribution in [3.05, 3.63) is 29.8 Å². The van der Waals surface area contributed by atoms with Gasteiger partial charge < -0.3 is 15.4 Å². The van der Waals surface area contributed by atoms with Gasteiger partial charge in [-0.1, -0.05) is 17.7 Å². The number of hydrogen-bond donors (Lipinski definition) is 2. The van der Waals surface area contributed by atoms with E-state index >= 15 is 0 Å². The van der Waals surface area contributed by atoms with E-state index in [0.717, 1.165) is 11.3 Å². The molecule has 0 saturated carbocycles. The summed E-state index contributed by atoms with van der Waals surface area (Å²) < 4.78 is 41.2. The summed E-state index contributed by atoms with van der Waals surface area (Å²) in [5, 5.41) is 4.31. The molecule has 8 heteroatoms. The quantitative estimate of drug-likeness (QED) is 0.675. The van der Waals surface area contributed by atoms with Gasteiger partial charge in [-0.2, -0.15) is 13.2 Å². The second-order valence-corrected chi connectivity index (χ2v) is 5.22. The van der Waals surface area contributed by atoms with Crippen molar-refractivity contribution in [3.63, 3.8) is 0 Å². The first-order chi connectivity index (χ1) is 11.3. The van der Waals surface area contributed by atoms with Gasteiger partial charge in [0, 0.05) is 19.5 Å². The normalized spacial score (nSPS) is 11.0. The molecule has 0 aliphatic carbocycles. The van der Waals surface area contributed by atoms with Crippen LogP contribution in [-0.2, 0) is 9.59 Å². The average Bonchev–Trinajstić information content (AvgIpc) is 2.51. The topological polar surface area (TPSA) is 67.4 Å². The Morgan fingerprint density at radius 1 is 1.04 bits per heavy atom. The average molecular weight is 346 g/mol. The van der Waals surface area contributed by atoms with Crippen LogP contribution in [0.1, 0.15) is 24.8 Å². The maximum absolute atomic E-state index is 11.9. The summed E-state index contributed by atoms with van der Waals surface area (Å²) in [6.07, 6.45) is -3.85. The van der Waals surface area contributed by atoms with Gasteiger partial charge in [-0.25, -0.2) is 0 Å². The molecule has 0 unspecified atom stereocenters. The number of aryl methyl sites for hydroxylation is 1. The number of nitrogens with one attached hydrogen (secondary N) is 2. The van der Waals surface area contributed by atoms with Crippen molar-refractivity contribution in [3.8, 4) is 5.75 Å². The molecule has 0 bridgehead atoms. The number of alkyl halides is 3. The molecule has 0 saturated heterocycles. The minimum absolute atomic E-state index is 0.144. The maximum atomic E-state index is 11.9. The van der Waals surface area contributed by atoms with Crippen LogP contribution in [0.4, 0.5) is 13.2 Å². The fourth-order valence-electron chi connectivity index (χ4n) is 1.76. The monoisotopic (exact) mass is 346 g/mol. The van der Waals surface area contributed by atoms with Crippen molar-refractivity contribution in [2.45, 2.75) is 32.4 Å². The first-order valence-electron chi connectivity index (χ1n) is 7.60. The van der Waals surface area contributed by atoms with Crippen molar-refractivity contribution < 1.29 is 27.5 Å². The third-order valence-electron chi connectivity index (χ3n) is 3.06. The van der Waals surface area contributed by atoms with Crippen LogP contribution in [0.25, 0.3) is 0 Å². The minimum Gasteiger partial charge on any atom is -0.494 e. The van der Waals surface area contributed by atoms with Crippen LogP contribution in [0.15, 0.2) is 24.3 Å². The first kappa shape index (κ1) is 19.8. The van der Waals surface area contributed by atoms with E-state index in [-0.39, 0.29) is 31.8 Å².